The highest BCUT2D eigenvalue weighted by Crippen LogP contribution is 2.33. The van der Waals surface area contributed by atoms with Crippen LogP contribution in [0.5, 0.6) is 0 Å². The van der Waals surface area contributed by atoms with Gasteiger partial charge in [-0.3, -0.25) is 9.48 Å². The fourth-order valence-electron chi connectivity index (χ4n) is 3.69. The topological polar surface area (TPSA) is 63.1 Å². The summed E-state index contributed by atoms with van der Waals surface area (Å²) in [6.45, 7) is 2.80. The molecule has 2 saturated heterocycles. The van der Waals surface area contributed by atoms with Gasteiger partial charge in [-0.1, -0.05) is 0 Å². The molecule has 0 radical (unpaired) electrons. The molecule has 0 aromatic carbocycles. The zero-order valence-electron chi connectivity index (χ0n) is 14.1. The van der Waals surface area contributed by atoms with E-state index in [1.807, 2.05) is 33.4 Å². The second-order valence-electron chi connectivity index (χ2n) is 6.56. The van der Waals surface area contributed by atoms with Crippen LogP contribution >= 0.6 is 23.7 Å². The van der Waals surface area contributed by atoms with Gasteiger partial charge >= 0.3 is 0 Å². The van der Waals surface area contributed by atoms with Crippen molar-refractivity contribution in [3.8, 4) is 0 Å². The second kappa shape index (κ2) is 8.29. The molecule has 2 aliphatic heterocycles. The minimum Gasteiger partial charge on any atom is -0.328 e. The van der Waals surface area contributed by atoms with E-state index in [4.69, 9.17) is 0 Å². The van der Waals surface area contributed by atoms with Gasteiger partial charge in [-0.2, -0.15) is 5.10 Å². The number of carbonyl (C=O) groups excluding carboxylic acids is 1. The number of piperidine rings is 2. The molecule has 6 nitrogen and oxygen atoms in total. The number of nitrogens with zero attached hydrogens (tertiary/aromatic N) is 4. The van der Waals surface area contributed by atoms with Crippen LogP contribution < -0.4 is 5.32 Å². The first-order valence-electron chi connectivity index (χ1n) is 8.79. The summed E-state index contributed by atoms with van der Waals surface area (Å²) in [5.41, 5.74) is 0.559. The normalized spacial score (nSPS) is 23.9. The molecule has 0 saturated carbocycles. The van der Waals surface area contributed by atoms with Gasteiger partial charge in [-0.15, -0.1) is 23.7 Å². The van der Waals surface area contributed by atoms with Crippen molar-refractivity contribution in [3.63, 3.8) is 0 Å². The van der Waals surface area contributed by atoms with Crippen LogP contribution in [-0.4, -0.2) is 45.2 Å². The molecule has 1 N–H and O–H groups in total. The Kier molecular flexibility index (Phi) is 6.09. The largest absolute Gasteiger partial charge is 0.328 e. The highest BCUT2D eigenvalue weighted by atomic mass is 35.5. The number of nitrogens with one attached hydrogen (secondary N) is 1. The van der Waals surface area contributed by atoms with Crippen LogP contribution in [0.15, 0.2) is 23.8 Å². The van der Waals surface area contributed by atoms with Gasteiger partial charge < -0.3 is 10.2 Å². The molecule has 0 aliphatic carbocycles. The summed E-state index contributed by atoms with van der Waals surface area (Å²) in [6.07, 6.45) is 9.25. The molecule has 2 atom stereocenters. The Morgan fingerprint density at radius 3 is 2.96 bits per heavy atom. The maximum atomic E-state index is 13.0. The van der Waals surface area contributed by atoms with Crippen molar-refractivity contribution >= 4 is 29.7 Å². The van der Waals surface area contributed by atoms with Crippen molar-refractivity contribution in [2.24, 2.45) is 0 Å². The van der Waals surface area contributed by atoms with Crippen LogP contribution in [0.2, 0.25) is 0 Å². The number of aromatic nitrogens is 3. The molecule has 2 aromatic rings. The highest BCUT2D eigenvalue weighted by Gasteiger charge is 2.31. The molecule has 4 rings (SSSR count). The summed E-state index contributed by atoms with van der Waals surface area (Å²) in [4.78, 5) is 19.4. The van der Waals surface area contributed by atoms with E-state index in [2.05, 4.69) is 15.4 Å². The number of hydrogen-bond acceptors (Lipinski definition) is 5. The Morgan fingerprint density at radius 2 is 2.20 bits per heavy atom. The van der Waals surface area contributed by atoms with Gasteiger partial charge in [0.2, 0.25) is 0 Å². The smallest absolute Gasteiger partial charge is 0.274 e. The maximum absolute atomic E-state index is 13.0. The van der Waals surface area contributed by atoms with Crippen LogP contribution in [0.4, 0.5) is 0 Å². The molecule has 1 amide bonds. The number of carbonyl (C=O) groups is 1. The first kappa shape index (κ1) is 18.4. The van der Waals surface area contributed by atoms with Crippen LogP contribution in [0.25, 0.3) is 0 Å². The van der Waals surface area contributed by atoms with E-state index < -0.39 is 0 Å². The molecule has 25 heavy (non-hydrogen) atoms. The summed E-state index contributed by atoms with van der Waals surface area (Å²) in [5.74, 6) is 0.0393. The fraction of sp³-hybridized carbons (Fsp3) is 0.588. The molecular formula is C17H24ClN5OS. The monoisotopic (exact) mass is 381 g/mol. The van der Waals surface area contributed by atoms with E-state index >= 15 is 0 Å². The van der Waals surface area contributed by atoms with E-state index in [0.717, 1.165) is 56.7 Å². The third-order valence-electron chi connectivity index (χ3n) is 4.97. The molecule has 2 aromatic heterocycles. The molecule has 8 heteroatoms. The number of rotatable bonds is 3. The molecule has 4 heterocycles. The summed E-state index contributed by atoms with van der Waals surface area (Å²) < 4.78 is 1.96. The average Bonchev–Trinajstić information content (AvgIpc) is 3.34. The van der Waals surface area contributed by atoms with Gasteiger partial charge in [0, 0.05) is 30.9 Å². The predicted octanol–water partition coefficient (Wildman–Crippen LogP) is 3.05. The Labute approximate surface area is 158 Å². The quantitative estimate of drug-likeness (QED) is 0.887. The van der Waals surface area contributed by atoms with Crippen LogP contribution in [0.1, 0.15) is 59.7 Å². The Bertz CT molecular complexity index is 683. The zero-order chi connectivity index (χ0) is 16.4. The van der Waals surface area contributed by atoms with Crippen molar-refractivity contribution in [2.45, 2.75) is 44.2 Å². The SMILES string of the molecule is Cl.O=C(c1ccn(C2CCCNC2)n1)N1CCCCC1c1nccs1. The van der Waals surface area contributed by atoms with E-state index in [1.54, 1.807) is 11.3 Å². The lowest BCUT2D eigenvalue weighted by Gasteiger charge is -2.34. The lowest BCUT2D eigenvalue weighted by Crippen LogP contribution is -2.39. The van der Waals surface area contributed by atoms with Gasteiger partial charge in [0.1, 0.15) is 10.7 Å². The van der Waals surface area contributed by atoms with Crippen molar-refractivity contribution in [1.82, 2.24) is 25.0 Å². The Balaban J connectivity index is 0.00000182. The Morgan fingerprint density at radius 1 is 1.28 bits per heavy atom. The number of likely N-dealkylation sites (tertiary alicyclic amines) is 1. The molecule has 2 fully saturated rings. The van der Waals surface area contributed by atoms with E-state index in [0.29, 0.717) is 11.7 Å². The number of thiazole rings is 1. The van der Waals surface area contributed by atoms with E-state index in [-0.39, 0.29) is 24.4 Å². The second-order valence-corrected chi connectivity index (χ2v) is 7.49. The summed E-state index contributed by atoms with van der Waals surface area (Å²) in [5, 5.41) is 11.0. The molecule has 136 valence electrons. The first-order chi connectivity index (χ1) is 11.8. The standard InChI is InChI=1S/C17H23N5OS.ClH/c23-17(14-6-10-22(20-14)13-4-3-7-18-12-13)21-9-2-1-5-15(21)16-19-8-11-24-16;/h6,8,10-11,13,15,18H,1-5,7,9,12H2;1H. The van der Waals surface area contributed by atoms with Crippen molar-refractivity contribution < 1.29 is 4.79 Å². The Hall–Kier alpha value is -1.44. The average molecular weight is 382 g/mol. The molecule has 2 aliphatic rings. The van der Waals surface area contributed by atoms with Gasteiger partial charge in [0.05, 0.1) is 12.1 Å². The van der Waals surface area contributed by atoms with Crippen molar-refractivity contribution in [2.75, 3.05) is 19.6 Å². The highest BCUT2D eigenvalue weighted by molar-refractivity contribution is 7.09. The van der Waals surface area contributed by atoms with Gasteiger partial charge in [0.15, 0.2) is 0 Å². The van der Waals surface area contributed by atoms with Crippen molar-refractivity contribution in [1.29, 1.82) is 0 Å². The van der Waals surface area contributed by atoms with E-state index in [1.165, 1.54) is 0 Å². The lowest BCUT2D eigenvalue weighted by molar-refractivity contribution is 0.0603. The minimum atomic E-state index is 0. The zero-order valence-corrected chi connectivity index (χ0v) is 15.8. The number of amides is 1. The van der Waals surface area contributed by atoms with Gasteiger partial charge in [-0.05, 0) is 44.7 Å². The summed E-state index contributed by atoms with van der Waals surface area (Å²) in [7, 11) is 0. The lowest BCUT2D eigenvalue weighted by atomic mass is 10.0. The maximum Gasteiger partial charge on any atom is 0.274 e. The van der Waals surface area contributed by atoms with E-state index in [9.17, 15) is 4.79 Å². The molecular weight excluding hydrogens is 358 g/mol. The molecule has 0 bridgehead atoms. The number of halogens is 1. The minimum absolute atomic E-state index is 0. The predicted molar refractivity (Wildman–Crippen MR) is 100 cm³/mol. The fourth-order valence-corrected chi connectivity index (χ4v) is 4.48. The van der Waals surface area contributed by atoms with Gasteiger partial charge in [-0.25, -0.2) is 4.98 Å². The van der Waals surface area contributed by atoms with Crippen LogP contribution in [0.3, 0.4) is 0 Å². The molecule has 0 spiro atoms. The van der Waals surface area contributed by atoms with Gasteiger partial charge in [0.25, 0.3) is 5.91 Å². The van der Waals surface area contributed by atoms with Crippen molar-refractivity contribution in [3.05, 3.63) is 34.5 Å². The third kappa shape index (κ3) is 3.88. The van der Waals surface area contributed by atoms with Crippen LogP contribution in [0, 0.1) is 0 Å². The number of hydrogen-bond donors (Lipinski definition) is 1. The van der Waals surface area contributed by atoms with Crippen LogP contribution in [-0.2, 0) is 0 Å². The first-order valence-corrected chi connectivity index (χ1v) is 9.67. The molecule has 2 unspecified atom stereocenters. The summed E-state index contributed by atoms with van der Waals surface area (Å²) >= 11 is 1.63. The third-order valence-corrected chi connectivity index (χ3v) is 5.85. The summed E-state index contributed by atoms with van der Waals surface area (Å²) in [6, 6.07) is 2.33.